The molecule has 0 saturated carbocycles. The third-order valence-electron chi connectivity index (χ3n) is 3.61. The smallest absolute Gasteiger partial charge is 0.119 e. The largest absolute Gasteiger partial charge is 0.494 e. The molecule has 2 atom stereocenters. The number of aliphatic hydroxyl groups excluding tert-OH is 2. The Morgan fingerprint density at radius 1 is 0.840 bits per heavy atom. The van der Waals surface area contributed by atoms with Gasteiger partial charge in [-0.25, -0.2) is 0 Å². The fourth-order valence-electron chi connectivity index (χ4n) is 2.15. The van der Waals surface area contributed by atoms with Gasteiger partial charge in [-0.3, -0.25) is 0 Å². The summed E-state index contributed by atoms with van der Waals surface area (Å²) in [6, 6.07) is 15.7. The van der Waals surface area contributed by atoms with E-state index in [1.807, 2.05) is 55.5 Å². The third kappa shape index (κ3) is 8.04. The van der Waals surface area contributed by atoms with Gasteiger partial charge in [0.25, 0.3) is 0 Å². The average Bonchev–Trinajstić information content (AvgIpc) is 2.60. The second kappa shape index (κ2) is 11.3. The molecule has 2 rings (SSSR count). The van der Waals surface area contributed by atoms with Crippen LogP contribution >= 0.6 is 0 Å². The number of aliphatic hydroxyl groups is 2. The Morgan fingerprint density at radius 2 is 1.28 bits per heavy atom. The minimum atomic E-state index is -0.719. The molecule has 2 N–H and O–H groups in total. The van der Waals surface area contributed by atoms with Gasteiger partial charge in [-0.2, -0.15) is 0 Å². The van der Waals surface area contributed by atoms with E-state index in [2.05, 4.69) is 6.92 Å². The van der Waals surface area contributed by atoms with Crippen molar-refractivity contribution in [2.24, 2.45) is 0 Å². The molecule has 0 spiro atoms. The molecule has 5 heteroatoms. The van der Waals surface area contributed by atoms with E-state index in [0.29, 0.717) is 13.0 Å². The Morgan fingerprint density at radius 3 is 1.68 bits per heavy atom. The molecule has 0 saturated heterocycles. The van der Waals surface area contributed by atoms with E-state index < -0.39 is 12.2 Å². The maximum atomic E-state index is 9.51. The molecule has 0 aromatic heterocycles. The molecule has 2 aromatic carbocycles. The van der Waals surface area contributed by atoms with Crippen molar-refractivity contribution in [3.8, 4) is 11.5 Å². The Kier molecular flexibility index (Phi) is 9.80. The Labute approximate surface area is 164 Å². The van der Waals surface area contributed by atoms with Crippen molar-refractivity contribution in [3.63, 3.8) is 0 Å². The first-order chi connectivity index (χ1) is 11.6. The fourth-order valence-corrected chi connectivity index (χ4v) is 2.15. The van der Waals surface area contributed by atoms with Crippen molar-refractivity contribution in [2.45, 2.75) is 32.0 Å². The average molecular weight is 513 g/mol. The Balaban J connectivity index is 0.00000312. The van der Waals surface area contributed by atoms with Crippen LogP contribution in [0.15, 0.2) is 48.5 Å². The molecule has 0 aliphatic rings. The summed E-state index contributed by atoms with van der Waals surface area (Å²) in [4.78, 5) is 0. The molecular weight excluding hydrogens is 488 g/mol. The molecule has 25 heavy (non-hydrogen) atoms. The third-order valence-corrected chi connectivity index (χ3v) is 3.61. The van der Waals surface area contributed by atoms with Gasteiger partial charge in [0.05, 0.1) is 12.7 Å². The summed E-state index contributed by atoms with van der Waals surface area (Å²) in [6.07, 6.45) is 0.362. The normalized spacial score (nSPS) is 12.8. The van der Waals surface area contributed by atoms with E-state index in [0.717, 1.165) is 17.9 Å². The molecule has 0 amide bonds. The zero-order chi connectivity index (χ0) is 17.4. The maximum Gasteiger partial charge on any atom is 0.119 e. The molecule has 0 radical (unpaired) electrons. The zero-order valence-corrected chi connectivity index (χ0v) is 17.4. The van der Waals surface area contributed by atoms with Crippen LogP contribution in [0.4, 0.5) is 0 Å². The monoisotopic (exact) mass is 513 g/mol. The zero-order valence-electron chi connectivity index (χ0n) is 14.4. The molecule has 0 bridgehead atoms. The first kappa shape index (κ1) is 21.7. The van der Waals surface area contributed by atoms with Gasteiger partial charge in [-0.1, -0.05) is 31.2 Å². The quantitative estimate of drug-likeness (QED) is 0.507. The van der Waals surface area contributed by atoms with Gasteiger partial charge in [-0.05, 0) is 54.3 Å². The summed E-state index contributed by atoms with van der Waals surface area (Å²) in [5.74, 6) is 1.49. The van der Waals surface area contributed by atoms with Crippen molar-refractivity contribution in [1.29, 1.82) is 0 Å². The summed E-state index contributed by atoms with van der Waals surface area (Å²) >= 11 is 0. The minimum Gasteiger partial charge on any atom is -0.494 e. The van der Waals surface area contributed by atoms with Crippen molar-refractivity contribution in [2.75, 3.05) is 13.2 Å². The van der Waals surface area contributed by atoms with E-state index in [1.54, 1.807) is 0 Å². The van der Waals surface area contributed by atoms with E-state index in [1.165, 1.54) is 11.1 Å². The van der Waals surface area contributed by atoms with Crippen LogP contribution in [0.3, 0.4) is 0 Å². The molecular formula is C20H25O4W-. The van der Waals surface area contributed by atoms with Crippen LogP contribution in [-0.2, 0) is 27.5 Å². The van der Waals surface area contributed by atoms with Crippen LogP contribution in [0.2, 0.25) is 0 Å². The number of hydrogen-bond donors (Lipinski definition) is 2. The van der Waals surface area contributed by atoms with Gasteiger partial charge in [0, 0.05) is 21.1 Å². The van der Waals surface area contributed by atoms with Crippen LogP contribution in [0.1, 0.15) is 24.5 Å². The second-order valence-electron chi connectivity index (χ2n) is 5.80. The van der Waals surface area contributed by atoms with Crippen LogP contribution in [-0.4, -0.2) is 35.6 Å². The predicted octanol–water partition coefficient (Wildman–Crippen LogP) is 3.00. The summed E-state index contributed by atoms with van der Waals surface area (Å²) in [7, 11) is 0. The van der Waals surface area contributed by atoms with Crippen molar-refractivity contribution in [1.82, 2.24) is 0 Å². The van der Waals surface area contributed by atoms with Crippen molar-refractivity contribution in [3.05, 3.63) is 66.6 Å². The van der Waals surface area contributed by atoms with Gasteiger partial charge in [0.2, 0.25) is 0 Å². The standard InChI is InChI=1S/C20H25O4.W/c1-3-18(22)14-24-20-10-6-17(7-11-20)12-16-4-8-19(9-5-16)23-13-15(2)21;/h4-11,15,18,21-22H,2-3,12-14H2,1H3;/q-1;. The van der Waals surface area contributed by atoms with Gasteiger partial charge < -0.3 is 26.6 Å². The first-order valence-electron chi connectivity index (χ1n) is 8.19. The Bertz CT molecular complexity index is 596. The summed E-state index contributed by atoms with van der Waals surface area (Å²) in [5, 5.41) is 18.6. The van der Waals surface area contributed by atoms with Crippen LogP contribution < -0.4 is 9.47 Å². The Hall–Kier alpha value is -1.35. The molecule has 0 heterocycles. The SMILES string of the molecule is [CH2-]C(O)COc1ccc(Cc2ccc(OCC(O)CC)cc2)cc1.[W]. The number of benzene rings is 2. The van der Waals surface area contributed by atoms with Gasteiger partial charge >= 0.3 is 0 Å². The topological polar surface area (TPSA) is 58.9 Å². The van der Waals surface area contributed by atoms with Gasteiger partial charge in [0.1, 0.15) is 18.1 Å². The van der Waals surface area contributed by atoms with Gasteiger partial charge in [-0.15, -0.1) is 0 Å². The van der Waals surface area contributed by atoms with Crippen molar-refractivity contribution < 1.29 is 40.8 Å². The van der Waals surface area contributed by atoms with E-state index in [-0.39, 0.29) is 27.7 Å². The van der Waals surface area contributed by atoms with Crippen LogP contribution in [0, 0.1) is 6.92 Å². The molecule has 0 fully saturated rings. The fraction of sp³-hybridized carbons (Fsp3) is 0.350. The summed E-state index contributed by atoms with van der Waals surface area (Å²) < 4.78 is 10.9. The van der Waals surface area contributed by atoms with E-state index in [4.69, 9.17) is 14.6 Å². The first-order valence-corrected chi connectivity index (χ1v) is 8.19. The minimum absolute atomic E-state index is 0. The van der Waals surface area contributed by atoms with Crippen molar-refractivity contribution >= 4 is 0 Å². The molecule has 2 unspecified atom stereocenters. The number of hydrogen-bond acceptors (Lipinski definition) is 4. The summed E-state index contributed by atoms with van der Waals surface area (Å²) in [6.45, 7) is 5.90. The maximum absolute atomic E-state index is 9.51. The summed E-state index contributed by atoms with van der Waals surface area (Å²) in [5.41, 5.74) is 2.35. The van der Waals surface area contributed by atoms with Crippen LogP contribution in [0.25, 0.3) is 0 Å². The number of ether oxygens (including phenoxy) is 2. The molecule has 136 valence electrons. The molecule has 2 aromatic rings. The molecule has 0 aliphatic heterocycles. The number of rotatable bonds is 9. The van der Waals surface area contributed by atoms with E-state index >= 15 is 0 Å². The second-order valence-corrected chi connectivity index (χ2v) is 5.80. The predicted molar refractivity (Wildman–Crippen MR) is 94.3 cm³/mol. The van der Waals surface area contributed by atoms with E-state index in [9.17, 15) is 5.11 Å². The molecule has 4 nitrogen and oxygen atoms in total. The van der Waals surface area contributed by atoms with Gasteiger partial charge in [0.15, 0.2) is 0 Å². The molecule has 0 aliphatic carbocycles. The van der Waals surface area contributed by atoms with Crippen LogP contribution in [0.5, 0.6) is 11.5 Å².